The van der Waals surface area contributed by atoms with Gasteiger partial charge >= 0.3 is 0 Å². The van der Waals surface area contributed by atoms with Gasteiger partial charge in [-0.3, -0.25) is 4.79 Å². The number of carbonyl (C=O) groups is 1. The van der Waals surface area contributed by atoms with Crippen LogP contribution in [0.2, 0.25) is 0 Å². The van der Waals surface area contributed by atoms with Crippen molar-refractivity contribution in [2.75, 3.05) is 20.1 Å². The molecule has 1 atom stereocenters. The highest BCUT2D eigenvalue weighted by Crippen LogP contribution is 2.45. The lowest BCUT2D eigenvalue weighted by Gasteiger charge is -2.42. The second-order valence-electron chi connectivity index (χ2n) is 5.01. The number of carbonyl (C=O) groups excluding carboxylic acids is 1. The molecule has 0 aromatic rings. The fraction of sp³-hybridized carbons (Fsp3) is 0.917. The van der Waals surface area contributed by atoms with Crippen LogP contribution in [0.4, 0.5) is 0 Å². The average molecular weight is 247 g/mol. The quantitative estimate of drug-likeness (QED) is 0.824. The lowest BCUT2D eigenvalue weighted by atomic mass is 9.66. The number of rotatable bonds is 3. The Morgan fingerprint density at radius 2 is 2.19 bits per heavy atom. The second kappa shape index (κ2) is 5.37. The fourth-order valence-corrected chi connectivity index (χ4v) is 2.84. The summed E-state index contributed by atoms with van der Waals surface area (Å²) in [5.74, 6) is 0.425. The van der Waals surface area contributed by atoms with Crippen LogP contribution in [-0.4, -0.2) is 37.0 Å². The van der Waals surface area contributed by atoms with Gasteiger partial charge < -0.3 is 10.2 Å². The predicted octanol–water partition coefficient (Wildman–Crippen LogP) is 1.81. The molecule has 16 heavy (non-hydrogen) atoms. The van der Waals surface area contributed by atoms with Crippen molar-refractivity contribution in [1.82, 2.24) is 10.2 Å². The summed E-state index contributed by atoms with van der Waals surface area (Å²) in [5.41, 5.74) is 0.0304. The van der Waals surface area contributed by atoms with Crippen LogP contribution >= 0.6 is 12.4 Å². The summed E-state index contributed by atoms with van der Waals surface area (Å²) >= 11 is 0. The normalized spacial score (nSPS) is 27.1. The molecule has 1 unspecified atom stereocenters. The van der Waals surface area contributed by atoms with E-state index in [2.05, 4.69) is 17.1 Å². The Labute approximate surface area is 104 Å². The van der Waals surface area contributed by atoms with Crippen LogP contribution in [0.1, 0.15) is 39.0 Å². The zero-order valence-electron chi connectivity index (χ0n) is 10.3. The third kappa shape index (κ3) is 2.21. The first kappa shape index (κ1) is 13.8. The van der Waals surface area contributed by atoms with Gasteiger partial charge in [0.2, 0.25) is 5.91 Å². The summed E-state index contributed by atoms with van der Waals surface area (Å²) in [6.45, 7) is 4.02. The topological polar surface area (TPSA) is 32.3 Å². The Bertz CT molecular complexity index is 248. The molecule has 1 amide bonds. The SMILES string of the molecule is CCC1(C(=O)N2CCC(NC)C2)CCC1.Cl. The van der Waals surface area contributed by atoms with Gasteiger partial charge in [-0.2, -0.15) is 0 Å². The number of nitrogens with one attached hydrogen (secondary N) is 1. The van der Waals surface area contributed by atoms with Gasteiger partial charge in [0.25, 0.3) is 0 Å². The van der Waals surface area contributed by atoms with Gasteiger partial charge in [-0.1, -0.05) is 13.3 Å². The van der Waals surface area contributed by atoms with E-state index < -0.39 is 0 Å². The highest BCUT2D eigenvalue weighted by Gasteiger charge is 2.45. The molecule has 0 bridgehead atoms. The number of hydrogen-bond acceptors (Lipinski definition) is 2. The standard InChI is InChI=1S/C12H22N2O.ClH/c1-3-12(6-4-7-12)11(15)14-8-5-10(9-14)13-2;/h10,13H,3-9H2,1-2H3;1H. The molecule has 1 saturated carbocycles. The van der Waals surface area contributed by atoms with E-state index in [9.17, 15) is 4.79 Å². The molecule has 1 N–H and O–H groups in total. The monoisotopic (exact) mass is 246 g/mol. The number of halogens is 1. The molecule has 4 heteroatoms. The molecule has 1 aliphatic heterocycles. The van der Waals surface area contributed by atoms with Crippen LogP contribution in [0.15, 0.2) is 0 Å². The largest absolute Gasteiger partial charge is 0.341 e. The molecule has 1 saturated heterocycles. The van der Waals surface area contributed by atoms with E-state index in [4.69, 9.17) is 0 Å². The number of likely N-dealkylation sites (tertiary alicyclic amines) is 1. The zero-order valence-corrected chi connectivity index (χ0v) is 11.1. The van der Waals surface area contributed by atoms with Gasteiger partial charge in [0, 0.05) is 24.5 Å². The molecule has 0 aromatic carbocycles. The van der Waals surface area contributed by atoms with Crippen molar-refractivity contribution in [3.8, 4) is 0 Å². The summed E-state index contributed by atoms with van der Waals surface area (Å²) in [6, 6.07) is 0.517. The number of likely N-dealkylation sites (N-methyl/N-ethyl adjacent to an activating group) is 1. The van der Waals surface area contributed by atoms with E-state index in [1.54, 1.807) is 0 Å². The van der Waals surface area contributed by atoms with E-state index in [0.717, 1.165) is 38.8 Å². The van der Waals surface area contributed by atoms with E-state index in [1.807, 2.05) is 7.05 Å². The lowest BCUT2D eigenvalue weighted by molar-refractivity contribution is -0.146. The van der Waals surface area contributed by atoms with Crippen molar-refractivity contribution in [1.29, 1.82) is 0 Å². The molecule has 2 rings (SSSR count). The van der Waals surface area contributed by atoms with Crippen molar-refractivity contribution in [2.24, 2.45) is 5.41 Å². The summed E-state index contributed by atoms with van der Waals surface area (Å²) in [6.07, 6.45) is 5.60. The molecule has 0 aromatic heterocycles. The van der Waals surface area contributed by atoms with E-state index in [1.165, 1.54) is 6.42 Å². The highest BCUT2D eigenvalue weighted by atomic mass is 35.5. The van der Waals surface area contributed by atoms with Gasteiger partial charge in [-0.25, -0.2) is 0 Å². The Morgan fingerprint density at radius 1 is 1.50 bits per heavy atom. The highest BCUT2D eigenvalue weighted by molar-refractivity contribution is 5.85. The molecule has 2 aliphatic rings. The molecule has 1 aliphatic carbocycles. The summed E-state index contributed by atoms with van der Waals surface area (Å²) < 4.78 is 0. The summed E-state index contributed by atoms with van der Waals surface area (Å²) in [4.78, 5) is 14.4. The van der Waals surface area contributed by atoms with Crippen LogP contribution in [0, 0.1) is 5.41 Å². The second-order valence-corrected chi connectivity index (χ2v) is 5.01. The van der Waals surface area contributed by atoms with Gasteiger partial charge in [-0.15, -0.1) is 12.4 Å². The fourth-order valence-electron chi connectivity index (χ4n) is 2.84. The Morgan fingerprint density at radius 3 is 2.56 bits per heavy atom. The van der Waals surface area contributed by atoms with Crippen molar-refractivity contribution in [3.05, 3.63) is 0 Å². The third-order valence-corrected chi connectivity index (χ3v) is 4.32. The minimum atomic E-state index is 0. The van der Waals surface area contributed by atoms with Crippen molar-refractivity contribution in [3.63, 3.8) is 0 Å². The predicted molar refractivity (Wildman–Crippen MR) is 67.9 cm³/mol. The van der Waals surface area contributed by atoms with E-state index in [0.29, 0.717) is 11.9 Å². The maximum Gasteiger partial charge on any atom is 0.228 e. The van der Waals surface area contributed by atoms with Crippen LogP contribution < -0.4 is 5.32 Å². The summed E-state index contributed by atoms with van der Waals surface area (Å²) in [5, 5.41) is 3.26. The first-order valence-corrected chi connectivity index (χ1v) is 6.18. The third-order valence-electron chi connectivity index (χ3n) is 4.32. The number of hydrogen-bond donors (Lipinski definition) is 1. The van der Waals surface area contributed by atoms with Crippen LogP contribution in [-0.2, 0) is 4.79 Å². The molecular weight excluding hydrogens is 224 g/mol. The van der Waals surface area contributed by atoms with Gasteiger partial charge in [0.15, 0.2) is 0 Å². The lowest BCUT2D eigenvalue weighted by Crippen LogP contribution is -2.47. The van der Waals surface area contributed by atoms with E-state index in [-0.39, 0.29) is 17.8 Å². The Hall–Kier alpha value is -0.280. The molecule has 3 nitrogen and oxygen atoms in total. The Balaban J connectivity index is 0.00000128. The molecule has 1 heterocycles. The van der Waals surface area contributed by atoms with Gasteiger partial charge in [0.05, 0.1) is 0 Å². The minimum Gasteiger partial charge on any atom is -0.341 e. The molecule has 94 valence electrons. The van der Waals surface area contributed by atoms with Crippen molar-refractivity contribution < 1.29 is 4.79 Å². The van der Waals surface area contributed by atoms with Crippen LogP contribution in [0.5, 0.6) is 0 Å². The molecule has 0 radical (unpaired) electrons. The molecular formula is C12H23ClN2O. The maximum atomic E-state index is 12.3. The van der Waals surface area contributed by atoms with Crippen molar-refractivity contribution >= 4 is 18.3 Å². The molecule has 0 spiro atoms. The molecule has 2 fully saturated rings. The summed E-state index contributed by atoms with van der Waals surface area (Å²) in [7, 11) is 1.98. The minimum absolute atomic E-state index is 0. The maximum absolute atomic E-state index is 12.3. The van der Waals surface area contributed by atoms with Crippen LogP contribution in [0.3, 0.4) is 0 Å². The average Bonchev–Trinajstić information content (AvgIpc) is 2.64. The number of amides is 1. The van der Waals surface area contributed by atoms with Gasteiger partial charge in [-0.05, 0) is 32.7 Å². The first-order valence-electron chi connectivity index (χ1n) is 6.18. The smallest absolute Gasteiger partial charge is 0.228 e. The van der Waals surface area contributed by atoms with Crippen molar-refractivity contribution in [2.45, 2.75) is 45.1 Å². The Kier molecular flexibility index (Phi) is 4.62. The first-order chi connectivity index (χ1) is 7.22. The zero-order chi connectivity index (χ0) is 10.9. The van der Waals surface area contributed by atoms with Gasteiger partial charge in [0.1, 0.15) is 0 Å². The van der Waals surface area contributed by atoms with Crippen LogP contribution in [0.25, 0.3) is 0 Å². The van der Waals surface area contributed by atoms with E-state index >= 15 is 0 Å². The number of nitrogens with zero attached hydrogens (tertiary/aromatic N) is 1.